The first-order chi connectivity index (χ1) is 15.2. The number of halogens is 3. The minimum absolute atomic E-state index is 0.241. The van der Waals surface area contributed by atoms with E-state index >= 15 is 0 Å². The average molecular weight is 488 g/mol. The van der Waals surface area contributed by atoms with Crippen LogP contribution in [-0.4, -0.2) is 34.0 Å². The molecule has 1 aromatic carbocycles. The van der Waals surface area contributed by atoms with Crippen molar-refractivity contribution >= 4 is 28.7 Å². The van der Waals surface area contributed by atoms with Gasteiger partial charge in [-0.1, -0.05) is 34.8 Å². The Kier molecular flexibility index (Phi) is 8.83. The molecule has 178 valence electrons. The number of alkyl halides is 2. The highest BCUT2D eigenvalue weighted by molar-refractivity contribution is 7.93. The van der Waals surface area contributed by atoms with Gasteiger partial charge in [-0.05, 0) is 77.1 Å². The minimum atomic E-state index is -2.89. The zero-order valence-electron chi connectivity index (χ0n) is 19.3. The summed E-state index contributed by atoms with van der Waals surface area (Å²) in [7, 11) is 1.70. The first-order valence-electron chi connectivity index (χ1n) is 11.2. The molecule has 0 amide bonds. The van der Waals surface area contributed by atoms with Crippen LogP contribution in [0.25, 0.3) is 0 Å². The summed E-state index contributed by atoms with van der Waals surface area (Å²) < 4.78 is 41.4. The molecule has 0 saturated carbocycles. The Hall–Kier alpha value is -1.35. The lowest BCUT2D eigenvalue weighted by molar-refractivity contribution is 0.162. The number of benzene rings is 1. The fraction of sp³-hybridized carbons (Fsp3) is 0.609. The number of aromatic nitrogens is 2. The van der Waals surface area contributed by atoms with Crippen molar-refractivity contribution in [2.24, 2.45) is 13.0 Å². The number of unbranched alkanes of at least 4 members (excludes halogenated alkanes) is 1. The monoisotopic (exact) mass is 487 g/mol. The van der Waals surface area contributed by atoms with E-state index in [2.05, 4.69) is 10.4 Å². The largest absolute Gasteiger partial charge is 0.355 e. The van der Waals surface area contributed by atoms with Crippen LogP contribution >= 0.6 is 11.6 Å². The van der Waals surface area contributed by atoms with Crippen molar-refractivity contribution in [3.63, 3.8) is 0 Å². The number of hydrogen-bond donors (Lipinski definition) is 2. The fourth-order valence-electron chi connectivity index (χ4n) is 4.55. The first kappa shape index (κ1) is 25.3. The van der Waals surface area contributed by atoms with Crippen LogP contribution in [0.2, 0.25) is 5.02 Å². The molecule has 1 aliphatic heterocycles. The zero-order chi connectivity index (χ0) is 23.4. The molecule has 3 rings (SSSR count). The second-order valence-corrected chi connectivity index (χ2v) is 10.4. The van der Waals surface area contributed by atoms with Crippen LogP contribution in [0.4, 0.5) is 14.5 Å². The van der Waals surface area contributed by atoms with Crippen LogP contribution in [0.3, 0.4) is 0 Å². The average Bonchev–Trinajstić information content (AvgIpc) is 2.98. The van der Waals surface area contributed by atoms with Crippen LogP contribution in [0.1, 0.15) is 54.6 Å². The number of nitrogens with one attached hydrogen (secondary N) is 1. The molecule has 32 heavy (non-hydrogen) atoms. The fourth-order valence-corrected chi connectivity index (χ4v) is 6.41. The molecule has 5 nitrogen and oxygen atoms in total. The number of rotatable bonds is 9. The lowest BCUT2D eigenvalue weighted by atomic mass is 9.92. The van der Waals surface area contributed by atoms with Gasteiger partial charge in [-0.2, -0.15) is 18.4 Å². The summed E-state index contributed by atoms with van der Waals surface area (Å²) in [5, 5.41) is 7.95. The number of nitrogens with zero attached hydrogens (tertiary/aromatic N) is 3. The van der Waals surface area contributed by atoms with Gasteiger partial charge in [0.05, 0.1) is 11.4 Å². The first-order valence-corrected chi connectivity index (χ1v) is 12.7. The van der Waals surface area contributed by atoms with Gasteiger partial charge in [-0.25, -0.2) is 0 Å². The van der Waals surface area contributed by atoms with E-state index in [1.165, 1.54) is 25.7 Å². The standard InChI is InChI=1S/C23H34ClF2N4OS/c1-15-13-19(8-6-5-7-18-9-11-27-12-10-18)14-20(24)22(15)32(31)30(23(25)26)21-16(2)28-29(4)17(21)3/h13-14,18,23,27,31H,5-12H2,1-4H3/q+1. The Morgan fingerprint density at radius 3 is 2.50 bits per heavy atom. The van der Waals surface area contributed by atoms with Crippen LogP contribution < -0.4 is 9.62 Å². The Bertz CT molecular complexity index is 895. The van der Waals surface area contributed by atoms with Gasteiger partial charge in [0.25, 0.3) is 0 Å². The van der Waals surface area contributed by atoms with E-state index in [4.69, 9.17) is 11.6 Å². The Morgan fingerprint density at radius 2 is 1.94 bits per heavy atom. The van der Waals surface area contributed by atoms with E-state index < -0.39 is 17.9 Å². The van der Waals surface area contributed by atoms with E-state index in [0.717, 1.165) is 47.3 Å². The van der Waals surface area contributed by atoms with Gasteiger partial charge in [0.1, 0.15) is 10.7 Å². The van der Waals surface area contributed by atoms with E-state index in [1.54, 1.807) is 25.6 Å². The molecular weight excluding hydrogens is 454 g/mol. The molecule has 1 saturated heterocycles. The van der Waals surface area contributed by atoms with E-state index in [-0.39, 0.29) is 5.69 Å². The predicted octanol–water partition coefficient (Wildman–Crippen LogP) is 5.81. The third-order valence-corrected chi connectivity index (χ3v) is 8.34. The van der Waals surface area contributed by atoms with Gasteiger partial charge in [-0.15, -0.1) is 0 Å². The molecule has 0 aliphatic carbocycles. The van der Waals surface area contributed by atoms with Gasteiger partial charge in [0.2, 0.25) is 4.90 Å². The number of anilines is 1. The quantitative estimate of drug-likeness (QED) is 0.266. The minimum Gasteiger partial charge on any atom is -0.317 e. The van der Waals surface area contributed by atoms with Gasteiger partial charge in [0, 0.05) is 12.6 Å². The maximum Gasteiger partial charge on any atom is 0.355 e. The van der Waals surface area contributed by atoms with Crippen LogP contribution in [0.15, 0.2) is 17.0 Å². The molecule has 0 radical (unpaired) electrons. The summed E-state index contributed by atoms with van der Waals surface area (Å²) >= 11 is 4.62. The van der Waals surface area contributed by atoms with Crippen LogP contribution in [0.5, 0.6) is 0 Å². The molecule has 2 N–H and O–H groups in total. The van der Waals surface area contributed by atoms with Crippen molar-refractivity contribution in [2.45, 2.75) is 70.7 Å². The second-order valence-electron chi connectivity index (χ2n) is 8.67. The van der Waals surface area contributed by atoms with E-state index in [9.17, 15) is 13.3 Å². The lowest BCUT2D eigenvalue weighted by Gasteiger charge is -2.22. The van der Waals surface area contributed by atoms with Crippen LogP contribution in [-0.2, 0) is 24.8 Å². The molecular formula is C23H34ClF2N4OS+. The van der Waals surface area contributed by atoms with Gasteiger partial charge in [0.15, 0.2) is 0 Å². The Labute approximate surface area is 197 Å². The van der Waals surface area contributed by atoms with Crippen molar-refractivity contribution in [3.8, 4) is 0 Å². The molecule has 0 spiro atoms. The second kappa shape index (κ2) is 11.2. The SMILES string of the molecule is Cc1cc(CCCCC2CCNCC2)cc(Cl)c1[S+](O)N(c1c(C)nn(C)c1C)C(F)F. The normalized spacial score (nSPS) is 16.0. The lowest BCUT2D eigenvalue weighted by Crippen LogP contribution is -2.36. The summed E-state index contributed by atoms with van der Waals surface area (Å²) in [6.07, 6.45) is 6.90. The van der Waals surface area contributed by atoms with Gasteiger partial charge < -0.3 is 5.32 Å². The van der Waals surface area contributed by atoms with Gasteiger partial charge >= 0.3 is 17.9 Å². The summed E-state index contributed by atoms with van der Waals surface area (Å²) in [5.41, 5.74) is 3.05. The maximum atomic E-state index is 14.1. The third kappa shape index (κ3) is 5.76. The highest BCUT2D eigenvalue weighted by atomic mass is 35.5. The molecule has 1 unspecified atom stereocenters. The summed E-state index contributed by atoms with van der Waals surface area (Å²) in [6.45, 7) is 4.55. The predicted molar refractivity (Wildman–Crippen MR) is 129 cm³/mol. The Morgan fingerprint density at radius 1 is 1.25 bits per heavy atom. The molecule has 2 aromatic rings. The number of aryl methyl sites for hydroxylation is 4. The van der Waals surface area contributed by atoms with Crippen LogP contribution in [0, 0.1) is 26.7 Å². The molecule has 9 heteroatoms. The Balaban J connectivity index is 1.72. The number of piperidine rings is 1. The summed E-state index contributed by atoms with van der Waals surface area (Å²) in [4.78, 5) is 0.341. The van der Waals surface area contributed by atoms with Crippen molar-refractivity contribution < 1.29 is 13.3 Å². The summed E-state index contributed by atoms with van der Waals surface area (Å²) in [5.74, 6) is 0.819. The molecule has 1 aliphatic rings. The third-order valence-electron chi connectivity index (χ3n) is 6.31. The van der Waals surface area contributed by atoms with Crippen molar-refractivity contribution in [3.05, 3.63) is 39.7 Å². The topological polar surface area (TPSA) is 53.3 Å². The van der Waals surface area contributed by atoms with Crippen molar-refractivity contribution in [1.29, 1.82) is 0 Å². The zero-order valence-corrected chi connectivity index (χ0v) is 20.9. The smallest absolute Gasteiger partial charge is 0.317 e. The maximum absolute atomic E-state index is 14.1. The van der Waals surface area contributed by atoms with E-state index in [0.29, 0.717) is 21.3 Å². The molecule has 1 fully saturated rings. The van der Waals surface area contributed by atoms with Crippen molar-refractivity contribution in [2.75, 3.05) is 17.4 Å². The van der Waals surface area contributed by atoms with Gasteiger partial charge in [-0.3, -0.25) is 4.68 Å². The highest BCUT2D eigenvalue weighted by Gasteiger charge is 2.43. The number of hydrogen-bond acceptors (Lipinski definition) is 4. The summed E-state index contributed by atoms with van der Waals surface area (Å²) in [6, 6.07) is 3.78. The highest BCUT2D eigenvalue weighted by Crippen LogP contribution is 2.37. The molecule has 0 bridgehead atoms. The van der Waals surface area contributed by atoms with E-state index in [1.807, 2.05) is 19.1 Å². The molecule has 1 aromatic heterocycles. The molecule has 2 heterocycles. The van der Waals surface area contributed by atoms with Crippen molar-refractivity contribution in [1.82, 2.24) is 15.1 Å². The molecule has 1 atom stereocenters.